The van der Waals surface area contributed by atoms with Gasteiger partial charge in [-0.15, -0.1) is 0 Å². The fraction of sp³-hybridized carbons (Fsp3) is 0.929. The molecular formula is C14H29NO3. The SMILES string of the molecule is CCOC(=O)C(C)(CCCCOCC(C)C)NC. The summed E-state index contributed by atoms with van der Waals surface area (Å²) >= 11 is 0. The number of hydrogen-bond donors (Lipinski definition) is 1. The summed E-state index contributed by atoms with van der Waals surface area (Å²) in [6.07, 6.45) is 2.70. The molecule has 0 aromatic heterocycles. The Balaban J connectivity index is 3.82. The number of ether oxygens (including phenoxy) is 2. The maximum Gasteiger partial charge on any atom is 0.326 e. The summed E-state index contributed by atoms with van der Waals surface area (Å²) in [5.41, 5.74) is -0.575. The van der Waals surface area contributed by atoms with E-state index >= 15 is 0 Å². The van der Waals surface area contributed by atoms with Crippen molar-refractivity contribution in [2.75, 3.05) is 26.9 Å². The Morgan fingerprint density at radius 2 is 2.00 bits per heavy atom. The second-order valence-electron chi connectivity index (χ2n) is 5.23. The lowest BCUT2D eigenvalue weighted by molar-refractivity contribution is -0.150. The summed E-state index contributed by atoms with van der Waals surface area (Å²) in [5, 5.41) is 3.06. The average Bonchev–Trinajstić information content (AvgIpc) is 2.33. The van der Waals surface area contributed by atoms with Crippen molar-refractivity contribution >= 4 is 5.97 Å². The fourth-order valence-electron chi connectivity index (χ4n) is 1.62. The van der Waals surface area contributed by atoms with E-state index in [1.54, 1.807) is 7.05 Å². The van der Waals surface area contributed by atoms with E-state index in [1.807, 2.05) is 13.8 Å². The minimum atomic E-state index is -0.575. The van der Waals surface area contributed by atoms with E-state index < -0.39 is 5.54 Å². The zero-order valence-corrected chi connectivity index (χ0v) is 12.5. The van der Waals surface area contributed by atoms with Gasteiger partial charge >= 0.3 is 5.97 Å². The summed E-state index contributed by atoms with van der Waals surface area (Å²) in [6, 6.07) is 0. The predicted molar refractivity (Wildman–Crippen MR) is 73.6 cm³/mol. The van der Waals surface area contributed by atoms with Crippen LogP contribution in [0.2, 0.25) is 0 Å². The highest BCUT2D eigenvalue weighted by Gasteiger charge is 2.32. The van der Waals surface area contributed by atoms with Gasteiger partial charge in [0.25, 0.3) is 0 Å². The zero-order chi connectivity index (χ0) is 14.0. The lowest BCUT2D eigenvalue weighted by Crippen LogP contribution is -2.48. The smallest absolute Gasteiger partial charge is 0.326 e. The number of esters is 1. The molecule has 0 aliphatic heterocycles. The van der Waals surface area contributed by atoms with E-state index in [-0.39, 0.29) is 5.97 Å². The average molecular weight is 259 g/mol. The number of carbonyl (C=O) groups is 1. The largest absolute Gasteiger partial charge is 0.465 e. The fourth-order valence-corrected chi connectivity index (χ4v) is 1.62. The maximum absolute atomic E-state index is 11.8. The van der Waals surface area contributed by atoms with Crippen molar-refractivity contribution < 1.29 is 14.3 Å². The van der Waals surface area contributed by atoms with Crippen LogP contribution in [0, 0.1) is 5.92 Å². The van der Waals surface area contributed by atoms with Gasteiger partial charge in [-0.3, -0.25) is 4.79 Å². The Morgan fingerprint density at radius 3 is 2.50 bits per heavy atom. The van der Waals surface area contributed by atoms with E-state index in [1.165, 1.54) is 0 Å². The van der Waals surface area contributed by atoms with Gasteiger partial charge in [-0.2, -0.15) is 0 Å². The van der Waals surface area contributed by atoms with Gasteiger partial charge in [0.15, 0.2) is 0 Å². The third-order valence-corrected chi connectivity index (χ3v) is 2.94. The molecule has 0 aliphatic rings. The monoisotopic (exact) mass is 259 g/mol. The summed E-state index contributed by atoms with van der Waals surface area (Å²) < 4.78 is 10.6. The molecule has 0 saturated heterocycles. The first-order valence-electron chi connectivity index (χ1n) is 6.90. The van der Waals surface area contributed by atoms with Crippen molar-refractivity contribution in [2.45, 2.75) is 52.5 Å². The topological polar surface area (TPSA) is 47.6 Å². The molecular weight excluding hydrogens is 230 g/mol. The lowest BCUT2D eigenvalue weighted by Gasteiger charge is -2.26. The molecule has 0 amide bonds. The van der Waals surface area contributed by atoms with Crippen molar-refractivity contribution in [2.24, 2.45) is 5.92 Å². The number of nitrogens with one attached hydrogen (secondary N) is 1. The highest BCUT2D eigenvalue weighted by Crippen LogP contribution is 2.15. The van der Waals surface area contributed by atoms with Crippen LogP contribution < -0.4 is 5.32 Å². The van der Waals surface area contributed by atoms with Crippen LogP contribution in [0.1, 0.15) is 47.0 Å². The summed E-state index contributed by atoms with van der Waals surface area (Å²) in [5.74, 6) is 0.405. The first-order chi connectivity index (χ1) is 8.46. The molecule has 0 aromatic carbocycles. The van der Waals surface area contributed by atoms with Crippen LogP contribution in [0.5, 0.6) is 0 Å². The van der Waals surface area contributed by atoms with Gasteiger partial charge in [-0.05, 0) is 46.1 Å². The molecule has 4 nitrogen and oxygen atoms in total. The van der Waals surface area contributed by atoms with Crippen LogP contribution in [0.4, 0.5) is 0 Å². The highest BCUT2D eigenvalue weighted by molar-refractivity contribution is 5.80. The molecule has 1 atom stereocenters. The molecule has 0 spiro atoms. The third kappa shape index (κ3) is 6.97. The van der Waals surface area contributed by atoms with Gasteiger partial charge in [0.1, 0.15) is 5.54 Å². The Bertz CT molecular complexity index is 231. The molecule has 1 unspecified atom stereocenters. The normalized spacial score (nSPS) is 14.6. The van der Waals surface area contributed by atoms with Gasteiger partial charge < -0.3 is 14.8 Å². The quantitative estimate of drug-likeness (QED) is 0.483. The van der Waals surface area contributed by atoms with E-state index in [2.05, 4.69) is 19.2 Å². The summed E-state index contributed by atoms with van der Waals surface area (Å²) in [6.45, 7) is 9.99. The zero-order valence-electron chi connectivity index (χ0n) is 12.5. The van der Waals surface area contributed by atoms with Crippen LogP contribution in [0.25, 0.3) is 0 Å². The van der Waals surface area contributed by atoms with Crippen LogP contribution in [0.15, 0.2) is 0 Å². The number of hydrogen-bond acceptors (Lipinski definition) is 4. The molecule has 0 radical (unpaired) electrons. The third-order valence-electron chi connectivity index (χ3n) is 2.94. The van der Waals surface area contributed by atoms with Gasteiger partial charge in [0.2, 0.25) is 0 Å². The molecule has 0 rings (SSSR count). The van der Waals surface area contributed by atoms with Gasteiger partial charge in [0.05, 0.1) is 6.61 Å². The number of carbonyl (C=O) groups excluding carboxylic acids is 1. The second kappa shape index (κ2) is 9.34. The summed E-state index contributed by atoms with van der Waals surface area (Å²) in [7, 11) is 1.80. The predicted octanol–water partition coefficient (Wildman–Crippen LogP) is 2.37. The minimum absolute atomic E-state index is 0.171. The molecule has 18 heavy (non-hydrogen) atoms. The molecule has 0 aliphatic carbocycles. The Hall–Kier alpha value is -0.610. The van der Waals surface area contributed by atoms with E-state index in [0.29, 0.717) is 12.5 Å². The Morgan fingerprint density at radius 1 is 1.33 bits per heavy atom. The van der Waals surface area contributed by atoms with Crippen LogP contribution in [0.3, 0.4) is 0 Å². The van der Waals surface area contributed by atoms with Crippen molar-refractivity contribution in [3.8, 4) is 0 Å². The van der Waals surface area contributed by atoms with Crippen molar-refractivity contribution in [3.05, 3.63) is 0 Å². The molecule has 4 heteroatoms. The Labute approximate surface area is 111 Å². The van der Waals surface area contributed by atoms with Gasteiger partial charge in [0, 0.05) is 13.2 Å². The number of unbranched alkanes of at least 4 members (excludes halogenated alkanes) is 1. The standard InChI is InChI=1S/C14H29NO3/c1-6-18-13(16)14(4,15-5)9-7-8-10-17-11-12(2)3/h12,15H,6-11H2,1-5H3. The Kier molecular flexibility index (Phi) is 9.02. The van der Waals surface area contributed by atoms with Crippen molar-refractivity contribution in [1.29, 1.82) is 0 Å². The molecule has 108 valence electrons. The van der Waals surface area contributed by atoms with Crippen LogP contribution >= 0.6 is 0 Å². The molecule has 0 aromatic rings. The minimum Gasteiger partial charge on any atom is -0.465 e. The molecule has 0 fully saturated rings. The number of rotatable bonds is 10. The lowest BCUT2D eigenvalue weighted by atomic mass is 9.95. The van der Waals surface area contributed by atoms with E-state index in [9.17, 15) is 4.79 Å². The highest BCUT2D eigenvalue weighted by atomic mass is 16.5. The summed E-state index contributed by atoms with van der Waals surface area (Å²) in [4.78, 5) is 11.8. The van der Waals surface area contributed by atoms with E-state index in [0.717, 1.165) is 32.5 Å². The first kappa shape index (κ1) is 17.4. The maximum atomic E-state index is 11.8. The molecule has 0 heterocycles. The van der Waals surface area contributed by atoms with Gasteiger partial charge in [-0.1, -0.05) is 13.8 Å². The van der Waals surface area contributed by atoms with Crippen LogP contribution in [-0.2, 0) is 14.3 Å². The van der Waals surface area contributed by atoms with Crippen molar-refractivity contribution in [1.82, 2.24) is 5.32 Å². The molecule has 1 N–H and O–H groups in total. The van der Waals surface area contributed by atoms with Crippen LogP contribution in [-0.4, -0.2) is 38.4 Å². The second-order valence-corrected chi connectivity index (χ2v) is 5.23. The van der Waals surface area contributed by atoms with E-state index in [4.69, 9.17) is 9.47 Å². The molecule has 0 saturated carbocycles. The number of likely N-dealkylation sites (N-methyl/N-ethyl adjacent to an activating group) is 1. The van der Waals surface area contributed by atoms with Gasteiger partial charge in [-0.25, -0.2) is 0 Å². The van der Waals surface area contributed by atoms with Crippen molar-refractivity contribution in [3.63, 3.8) is 0 Å². The first-order valence-corrected chi connectivity index (χ1v) is 6.90. The molecule has 0 bridgehead atoms.